The van der Waals surface area contributed by atoms with Gasteiger partial charge in [-0.2, -0.15) is 0 Å². The Kier molecular flexibility index (Phi) is 14.1. The maximum absolute atomic E-state index is 13.0. The normalized spacial score (nSPS) is 12.6. The van der Waals surface area contributed by atoms with Gasteiger partial charge in [0.15, 0.2) is 0 Å². The number of hydrogen-bond donors (Lipinski definition) is 5. The summed E-state index contributed by atoms with van der Waals surface area (Å²) in [5.41, 5.74) is 2.75. The van der Waals surface area contributed by atoms with Crippen LogP contribution in [0.5, 0.6) is 0 Å². The molecule has 0 spiro atoms. The van der Waals surface area contributed by atoms with Crippen molar-refractivity contribution in [2.75, 3.05) is 6.61 Å². The van der Waals surface area contributed by atoms with Gasteiger partial charge in [0, 0.05) is 5.92 Å². The first-order valence-electron chi connectivity index (χ1n) is 15.8. The molecular formula is C36H41N5O6S. The SMILES string of the molecule is CCCCOC(=O)N[C@@H](Cc1ccccc1)[C@@H](O)CC(Cc1ccccc1)c1ncc(C(=O)NC(=N)NC(=O)OCc2ccccc2)s1. The van der Waals surface area contributed by atoms with Gasteiger partial charge in [0.05, 0.1) is 30.0 Å². The Hall–Kier alpha value is -5.07. The van der Waals surface area contributed by atoms with E-state index in [1.54, 1.807) is 12.1 Å². The highest BCUT2D eigenvalue weighted by molar-refractivity contribution is 7.13. The minimum Gasteiger partial charge on any atom is -0.450 e. The quantitative estimate of drug-likeness (QED) is 0.0593. The number of aliphatic hydroxyl groups excluding tert-OH is 1. The highest BCUT2D eigenvalue weighted by Gasteiger charge is 2.28. The fraction of sp³-hybridized carbons (Fsp3) is 0.306. The van der Waals surface area contributed by atoms with Crippen LogP contribution in [-0.4, -0.2) is 52.9 Å². The Morgan fingerprint density at radius 2 is 1.44 bits per heavy atom. The van der Waals surface area contributed by atoms with Gasteiger partial charge in [-0.15, -0.1) is 11.3 Å². The zero-order chi connectivity index (χ0) is 34.1. The average Bonchev–Trinajstić information content (AvgIpc) is 3.59. The number of unbranched alkanes of at least 4 members (excludes halogenated alkanes) is 1. The minimum absolute atomic E-state index is 0.0164. The number of guanidine groups is 1. The van der Waals surface area contributed by atoms with Gasteiger partial charge in [-0.25, -0.2) is 14.6 Å². The van der Waals surface area contributed by atoms with E-state index in [1.165, 1.54) is 6.20 Å². The molecule has 4 aromatic rings. The van der Waals surface area contributed by atoms with Crippen LogP contribution in [0.1, 0.15) is 63.5 Å². The van der Waals surface area contributed by atoms with Crippen LogP contribution < -0.4 is 16.0 Å². The van der Waals surface area contributed by atoms with Gasteiger partial charge in [0.2, 0.25) is 5.96 Å². The zero-order valence-electron chi connectivity index (χ0n) is 26.8. The van der Waals surface area contributed by atoms with Gasteiger partial charge in [0.25, 0.3) is 5.91 Å². The molecule has 1 aromatic heterocycles. The molecular weight excluding hydrogens is 630 g/mol. The molecule has 0 aliphatic rings. The van der Waals surface area contributed by atoms with Crippen molar-refractivity contribution >= 4 is 35.4 Å². The summed E-state index contributed by atoms with van der Waals surface area (Å²) in [6.07, 6.45) is 1.75. The zero-order valence-corrected chi connectivity index (χ0v) is 27.6. The summed E-state index contributed by atoms with van der Waals surface area (Å²) >= 11 is 1.14. The molecule has 0 saturated heterocycles. The number of benzene rings is 3. The van der Waals surface area contributed by atoms with Crippen LogP contribution in [0.2, 0.25) is 0 Å². The molecule has 0 saturated carbocycles. The molecule has 0 radical (unpaired) electrons. The Morgan fingerprint density at radius 3 is 2.06 bits per heavy atom. The molecule has 0 fully saturated rings. The van der Waals surface area contributed by atoms with E-state index in [-0.39, 0.29) is 23.8 Å². The summed E-state index contributed by atoms with van der Waals surface area (Å²) in [6.45, 7) is 2.32. The molecule has 12 heteroatoms. The standard InChI is InChI=1S/C36H41N5O6S/c1-2-3-19-46-35(44)39-29(21-26-15-9-5-10-16-26)30(42)22-28(20-25-13-7-4-8-14-25)33-38-23-31(48-33)32(43)40-34(37)41-36(45)47-24-27-17-11-6-12-18-27/h4-18,23,28-30,42H,2-3,19-22,24H2,1H3,(H,39,44)(H3,37,40,41,43,45)/t28?,29-,30-/m0/s1. The number of nitrogens with one attached hydrogen (secondary N) is 4. The topological polar surface area (TPSA) is 163 Å². The Balaban J connectivity index is 1.43. The van der Waals surface area contributed by atoms with Gasteiger partial charge in [-0.1, -0.05) is 104 Å². The number of aromatic nitrogens is 1. The lowest BCUT2D eigenvalue weighted by atomic mass is 9.89. The second-order valence-corrected chi connectivity index (χ2v) is 12.3. The van der Waals surface area contributed by atoms with E-state index in [2.05, 4.69) is 20.9 Å². The molecule has 3 atom stereocenters. The monoisotopic (exact) mass is 671 g/mol. The molecule has 4 rings (SSSR count). The highest BCUT2D eigenvalue weighted by Crippen LogP contribution is 2.31. The number of rotatable bonds is 15. The van der Waals surface area contributed by atoms with Gasteiger partial charge >= 0.3 is 12.2 Å². The van der Waals surface area contributed by atoms with E-state index < -0.39 is 36.2 Å². The van der Waals surface area contributed by atoms with Gasteiger partial charge in [0.1, 0.15) is 11.5 Å². The molecule has 0 bridgehead atoms. The lowest BCUT2D eigenvalue weighted by Crippen LogP contribution is -2.45. The van der Waals surface area contributed by atoms with Crippen molar-refractivity contribution in [3.8, 4) is 0 Å². The molecule has 5 N–H and O–H groups in total. The van der Waals surface area contributed by atoms with Crippen LogP contribution in [0.4, 0.5) is 9.59 Å². The fourth-order valence-electron chi connectivity index (χ4n) is 4.93. The predicted octanol–water partition coefficient (Wildman–Crippen LogP) is 5.95. The maximum Gasteiger partial charge on any atom is 0.414 e. The first kappa shape index (κ1) is 35.8. The molecule has 0 aliphatic carbocycles. The first-order valence-corrected chi connectivity index (χ1v) is 16.6. The van der Waals surface area contributed by atoms with E-state index in [4.69, 9.17) is 14.9 Å². The number of nitrogens with zero attached hydrogens (tertiary/aromatic N) is 1. The second kappa shape index (κ2) is 18.9. The number of ether oxygens (including phenoxy) is 2. The van der Waals surface area contributed by atoms with Crippen LogP contribution >= 0.6 is 11.3 Å². The van der Waals surface area contributed by atoms with Crippen LogP contribution in [0.3, 0.4) is 0 Å². The smallest absolute Gasteiger partial charge is 0.414 e. The molecule has 11 nitrogen and oxygen atoms in total. The average molecular weight is 672 g/mol. The number of thiazole rings is 1. The third-order valence-corrected chi connectivity index (χ3v) is 8.58. The molecule has 1 unspecified atom stereocenters. The van der Waals surface area contributed by atoms with Crippen LogP contribution in [0.15, 0.2) is 97.2 Å². The molecule has 252 valence electrons. The van der Waals surface area contributed by atoms with E-state index in [9.17, 15) is 19.5 Å². The van der Waals surface area contributed by atoms with Gasteiger partial charge < -0.3 is 19.9 Å². The van der Waals surface area contributed by atoms with E-state index in [1.807, 2.05) is 85.8 Å². The summed E-state index contributed by atoms with van der Waals surface area (Å²) < 4.78 is 10.4. The van der Waals surface area contributed by atoms with Crippen molar-refractivity contribution in [3.63, 3.8) is 0 Å². The van der Waals surface area contributed by atoms with Gasteiger partial charge in [-0.3, -0.25) is 20.8 Å². The fourth-order valence-corrected chi connectivity index (χ4v) is 5.85. The van der Waals surface area contributed by atoms with Crippen molar-refractivity contribution in [2.24, 2.45) is 0 Å². The van der Waals surface area contributed by atoms with Crippen molar-refractivity contribution in [1.29, 1.82) is 5.41 Å². The van der Waals surface area contributed by atoms with Crippen molar-refractivity contribution in [3.05, 3.63) is 124 Å². The maximum atomic E-state index is 13.0. The number of carbonyl (C=O) groups excluding carboxylic acids is 3. The van der Waals surface area contributed by atoms with Crippen LogP contribution in [0.25, 0.3) is 0 Å². The Morgan fingerprint density at radius 1 is 0.833 bits per heavy atom. The van der Waals surface area contributed by atoms with E-state index in [0.29, 0.717) is 24.5 Å². The largest absolute Gasteiger partial charge is 0.450 e. The molecule has 0 aliphatic heterocycles. The number of carbonyl (C=O) groups is 3. The van der Waals surface area contributed by atoms with Crippen molar-refractivity contribution in [1.82, 2.24) is 20.9 Å². The Bertz CT molecular complexity index is 1600. The summed E-state index contributed by atoms with van der Waals surface area (Å²) in [4.78, 5) is 42.5. The third-order valence-electron chi connectivity index (χ3n) is 7.42. The summed E-state index contributed by atoms with van der Waals surface area (Å²) in [5, 5.41) is 27.6. The predicted molar refractivity (Wildman–Crippen MR) is 184 cm³/mol. The van der Waals surface area contributed by atoms with E-state index in [0.717, 1.165) is 40.9 Å². The second-order valence-electron chi connectivity index (χ2n) is 11.2. The van der Waals surface area contributed by atoms with Gasteiger partial charge in [-0.05, 0) is 42.4 Å². The molecule has 3 amide bonds. The summed E-state index contributed by atoms with van der Waals surface area (Å²) in [7, 11) is 0. The Labute approximate surface area is 284 Å². The van der Waals surface area contributed by atoms with Crippen molar-refractivity contribution in [2.45, 2.75) is 63.7 Å². The summed E-state index contributed by atoms with van der Waals surface area (Å²) in [6, 6.07) is 27.8. The number of alkyl carbamates (subject to hydrolysis) is 2. The van der Waals surface area contributed by atoms with E-state index >= 15 is 0 Å². The first-order chi connectivity index (χ1) is 23.3. The number of amides is 3. The number of hydrogen-bond acceptors (Lipinski definition) is 9. The lowest BCUT2D eigenvalue weighted by molar-refractivity contribution is 0.0936. The van der Waals surface area contributed by atoms with Crippen LogP contribution in [-0.2, 0) is 28.9 Å². The minimum atomic E-state index is -0.974. The van der Waals surface area contributed by atoms with Crippen LogP contribution in [0, 0.1) is 5.41 Å². The summed E-state index contributed by atoms with van der Waals surface area (Å²) in [5.74, 6) is -1.47. The third kappa shape index (κ3) is 11.9. The molecule has 48 heavy (non-hydrogen) atoms. The number of aliphatic hydroxyl groups is 1. The highest BCUT2D eigenvalue weighted by atomic mass is 32.1. The van der Waals surface area contributed by atoms with Crippen molar-refractivity contribution < 1.29 is 29.0 Å². The molecule has 3 aromatic carbocycles. The lowest BCUT2D eigenvalue weighted by Gasteiger charge is -2.27. The molecule has 1 heterocycles.